The van der Waals surface area contributed by atoms with E-state index in [1.54, 1.807) is 0 Å². The number of fused-ring (bicyclic) bond motifs is 1. The highest BCUT2D eigenvalue weighted by atomic mass is 15.3. The molecule has 0 fully saturated rings. The van der Waals surface area contributed by atoms with Crippen molar-refractivity contribution in [2.45, 2.75) is 45.7 Å². The van der Waals surface area contributed by atoms with Gasteiger partial charge in [0.15, 0.2) is 0 Å². The van der Waals surface area contributed by atoms with Gasteiger partial charge in [-0.2, -0.15) is 0 Å². The lowest BCUT2D eigenvalue weighted by Gasteiger charge is -2.21. The molecule has 0 spiro atoms. The van der Waals surface area contributed by atoms with Crippen molar-refractivity contribution in [2.24, 2.45) is 5.73 Å². The Morgan fingerprint density at radius 3 is 3.00 bits per heavy atom. The molecule has 0 radical (unpaired) electrons. The summed E-state index contributed by atoms with van der Waals surface area (Å²) in [4.78, 5) is 0. The molecule has 1 aromatic carbocycles. The number of hydrogen-bond donors (Lipinski definition) is 1. The van der Waals surface area contributed by atoms with Crippen LogP contribution in [0, 0.1) is 13.8 Å². The van der Waals surface area contributed by atoms with Gasteiger partial charge in [0.1, 0.15) is 11.6 Å². The Labute approximate surface area is 113 Å². The average Bonchev–Trinajstić information content (AvgIpc) is 2.77. The van der Waals surface area contributed by atoms with E-state index in [-0.39, 0.29) is 6.04 Å². The van der Waals surface area contributed by atoms with Gasteiger partial charge in [0, 0.05) is 25.4 Å². The summed E-state index contributed by atoms with van der Waals surface area (Å²) in [6.07, 6.45) is 2.80. The molecule has 4 nitrogen and oxygen atoms in total. The Bertz CT molecular complexity index is 600. The number of nitrogens with zero attached hydrogens (tertiary/aromatic N) is 3. The molecule has 0 aliphatic carbocycles. The second kappa shape index (κ2) is 4.78. The van der Waals surface area contributed by atoms with E-state index in [0.717, 1.165) is 37.5 Å². The summed E-state index contributed by atoms with van der Waals surface area (Å²) in [7, 11) is 0. The van der Waals surface area contributed by atoms with Crippen molar-refractivity contribution in [1.82, 2.24) is 14.8 Å². The molecule has 0 bridgehead atoms. The van der Waals surface area contributed by atoms with E-state index in [4.69, 9.17) is 5.73 Å². The monoisotopic (exact) mass is 256 g/mol. The normalized spacial score (nSPS) is 18.4. The maximum absolute atomic E-state index is 6.05. The lowest BCUT2D eigenvalue weighted by atomic mass is 10.0. The number of rotatable bonds is 2. The van der Waals surface area contributed by atoms with Crippen molar-refractivity contribution in [2.75, 3.05) is 0 Å². The summed E-state index contributed by atoms with van der Waals surface area (Å²) in [5.41, 5.74) is 9.97. The zero-order valence-electron chi connectivity index (χ0n) is 11.6. The third-order valence-electron chi connectivity index (χ3n) is 3.91. The molecule has 4 heteroatoms. The highest BCUT2D eigenvalue weighted by molar-refractivity contribution is 5.32. The quantitative estimate of drug-likeness (QED) is 0.890. The van der Waals surface area contributed by atoms with Gasteiger partial charge in [-0.05, 0) is 31.4 Å². The number of aryl methyl sites for hydroxylation is 3. The van der Waals surface area contributed by atoms with Crippen LogP contribution in [0.3, 0.4) is 0 Å². The Kier molecular flexibility index (Phi) is 3.11. The van der Waals surface area contributed by atoms with Gasteiger partial charge in [-0.15, -0.1) is 10.2 Å². The first-order valence-electron chi connectivity index (χ1n) is 6.86. The molecular formula is C15H20N4. The van der Waals surface area contributed by atoms with Gasteiger partial charge in [0.25, 0.3) is 0 Å². The SMILES string of the molecule is Cc1ccc(C)c(Cc2nnc3n2CC(N)CC3)c1. The lowest BCUT2D eigenvalue weighted by Crippen LogP contribution is -2.32. The van der Waals surface area contributed by atoms with Crippen molar-refractivity contribution in [3.8, 4) is 0 Å². The minimum Gasteiger partial charge on any atom is -0.326 e. The first-order chi connectivity index (χ1) is 9.13. The topological polar surface area (TPSA) is 56.7 Å². The molecule has 1 unspecified atom stereocenters. The molecule has 1 aliphatic rings. The Hall–Kier alpha value is -1.68. The molecule has 1 aliphatic heterocycles. The number of hydrogen-bond acceptors (Lipinski definition) is 3. The van der Waals surface area contributed by atoms with Crippen LogP contribution in [-0.2, 0) is 19.4 Å². The first kappa shape index (κ1) is 12.4. The minimum atomic E-state index is 0.237. The van der Waals surface area contributed by atoms with Crippen molar-refractivity contribution in [3.05, 3.63) is 46.5 Å². The van der Waals surface area contributed by atoms with Crippen molar-refractivity contribution < 1.29 is 0 Å². The first-order valence-corrected chi connectivity index (χ1v) is 6.86. The average molecular weight is 256 g/mol. The standard InChI is InChI=1S/C15H20N4/c1-10-3-4-11(2)12(7-10)8-15-18-17-14-6-5-13(16)9-19(14)15/h3-4,7,13H,5-6,8-9,16H2,1-2H3. The van der Waals surface area contributed by atoms with E-state index in [9.17, 15) is 0 Å². The van der Waals surface area contributed by atoms with Crippen molar-refractivity contribution in [1.29, 1.82) is 0 Å². The summed E-state index contributed by atoms with van der Waals surface area (Å²) >= 11 is 0. The molecule has 1 aromatic heterocycles. The van der Waals surface area contributed by atoms with E-state index in [1.165, 1.54) is 16.7 Å². The Morgan fingerprint density at radius 2 is 2.16 bits per heavy atom. The van der Waals surface area contributed by atoms with E-state index >= 15 is 0 Å². The molecule has 2 heterocycles. The summed E-state index contributed by atoms with van der Waals surface area (Å²) in [5, 5.41) is 8.65. The van der Waals surface area contributed by atoms with Gasteiger partial charge in [0.2, 0.25) is 0 Å². The Morgan fingerprint density at radius 1 is 1.32 bits per heavy atom. The maximum atomic E-state index is 6.05. The Balaban J connectivity index is 1.92. The summed E-state index contributed by atoms with van der Waals surface area (Å²) in [5.74, 6) is 2.13. The lowest BCUT2D eigenvalue weighted by molar-refractivity contribution is 0.445. The fourth-order valence-electron chi connectivity index (χ4n) is 2.70. The van der Waals surface area contributed by atoms with E-state index < -0.39 is 0 Å². The van der Waals surface area contributed by atoms with Crippen LogP contribution >= 0.6 is 0 Å². The zero-order valence-corrected chi connectivity index (χ0v) is 11.6. The summed E-state index contributed by atoms with van der Waals surface area (Å²) < 4.78 is 2.20. The van der Waals surface area contributed by atoms with Crippen LogP contribution in [0.1, 0.15) is 34.8 Å². The van der Waals surface area contributed by atoms with Crippen LogP contribution in [0.5, 0.6) is 0 Å². The molecule has 0 saturated carbocycles. The van der Waals surface area contributed by atoms with Crippen LogP contribution in [0.15, 0.2) is 18.2 Å². The maximum Gasteiger partial charge on any atom is 0.137 e. The summed E-state index contributed by atoms with van der Waals surface area (Å²) in [6, 6.07) is 6.79. The van der Waals surface area contributed by atoms with Crippen molar-refractivity contribution >= 4 is 0 Å². The van der Waals surface area contributed by atoms with Crippen LogP contribution in [0.2, 0.25) is 0 Å². The highest BCUT2D eigenvalue weighted by Crippen LogP contribution is 2.18. The van der Waals surface area contributed by atoms with Gasteiger partial charge in [-0.3, -0.25) is 0 Å². The van der Waals surface area contributed by atoms with Gasteiger partial charge in [-0.25, -0.2) is 0 Å². The van der Waals surface area contributed by atoms with Crippen molar-refractivity contribution in [3.63, 3.8) is 0 Å². The molecule has 19 heavy (non-hydrogen) atoms. The molecule has 0 amide bonds. The fourth-order valence-corrected chi connectivity index (χ4v) is 2.70. The second-order valence-electron chi connectivity index (χ2n) is 5.55. The number of nitrogens with two attached hydrogens (primary N) is 1. The fraction of sp³-hybridized carbons (Fsp3) is 0.467. The predicted octanol–water partition coefficient (Wildman–Crippen LogP) is 1.76. The largest absolute Gasteiger partial charge is 0.326 e. The molecule has 2 aromatic rings. The molecule has 1 atom stereocenters. The van der Waals surface area contributed by atoms with Gasteiger partial charge in [-0.1, -0.05) is 23.8 Å². The van der Waals surface area contributed by atoms with E-state index in [2.05, 4.69) is 46.8 Å². The van der Waals surface area contributed by atoms with Crippen LogP contribution in [0.4, 0.5) is 0 Å². The highest BCUT2D eigenvalue weighted by Gasteiger charge is 2.20. The van der Waals surface area contributed by atoms with E-state index in [0.29, 0.717) is 0 Å². The second-order valence-corrected chi connectivity index (χ2v) is 5.55. The number of aromatic nitrogens is 3. The molecule has 3 rings (SSSR count). The third-order valence-corrected chi connectivity index (χ3v) is 3.91. The predicted molar refractivity (Wildman–Crippen MR) is 75.0 cm³/mol. The molecule has 0 saturated heterocycles. The van der Waals surface area contributed by atoms with Gasteiger partial charge < -0.3 is 10.3 Å². The number of benzene rings is 1. The summed E-state index contributed by atoms with van der Waals surface area (Å²) in [6.45, 7) is 5.12. The van der Waals surface area contributed by atoms with Crippen LogP contribution < -0.4 is 5.73 Å². The van der Waals surface area contributed by atoms with E-state index in [1.807, 2.05) is 0 Å². The minimum absolute atomic E-state index is 0.237. The molecular weight excluding hydrogens is 236 g/mol. The van der Waals surface area contributed by atoms with Gasteiger partial charge in [0.05, 0.1) is 0 Å². The van der Waals surface area contributed by atoms with Gasteiger partial charge >= 0.3 is 0 Å². The smallest absolute Gasteiger partial charge is 0.137 e. The third kappa shape index (κ3) is 2.40. The van der Waals surface area contributed by atoms with Crippen LogP contribution in [-0.4, -0.2) is 20.8 Å². The molecule has 100 valence electrons. The zero-order chi connectivity index (χ0) is 13.4. The van der Waals surface area contributed by atoms with Crippen LogP contribution in [0.25, 0.3) is 0 Å². The molecule has 2 N–H and O–H groups in total.